The normalized spacial score (nSPS) is 28.2. The third kappa shape index (κ3) is 2.75. The van der Waals surface area contributed by atoms with Crippen molar-refractivity contribution in [2.45, 2.75) is 25.3 Å². The van der Waals surface area contributed by atoms with Gasteiger partial charge in [0.25, 0.3) is 0 Å². The molecule has 102 valence electrons. The van der Waals surface area contributed by atoms with Crippen molar-refractivity contribution in [3.63, 3.8) is 0 Å². The van der Waals surface area contributed by atoms with Crippen molar-refractivity contribution in [3.8, 4) is 0 Å². The van der Waals surface area contributed by atoms with E-state index in [1.165, 1.54) is 0 Å². The van der Waals surface area contributed by atoms with Crippen LogP contribution in [0.25, 0.3) is 0 Å². The first-order valence-electron chi connectivity index (χ1n) is 6.42. The highest BCUT2D eigenvalue weighted by Gasteiger charge is 2.32. The van der Waals surface area contributed by atoms with Crippen molar-refractivity contribution >= 4 is 12.0 Å². The minimum absolute atomic E-state index is 0.0727. The van der Waals surface area contributed by atoms with Gasteiger partial charge in [-0.2, -0.15) is 0 Å². The third-order valence-corrected chi connectivity index (χ3v) is 3.80. The molecule has 0 spiro atoms. The average Bonchev–Trinajstić information content (AvgIpc) is 2.91. The van der Waals surface area contributed by atoms with Gasteiger partial charge in [-0.25, -0.2) is 4.79 Å². The first-order valence-corrected chi connectivity index (χ1v) is 6.42. The Hall–Kier alpha value is -1.30. The third-order valence-electron chi connectivity index (χ3n) is 3.80. The lowest BCUT2D eigenvalue weighted by atomic mass is 9.98. The highest BCUT2D eigenvalue weighted by atomic mass is 16.5. The fourth-order valence-corrected chi connectivity index (χ4v) is 2.56. The van der Waals surface area contributed by atoms with E-state index in [1.807, 2.05) is 0 Å². The molecule has 2 fully saturated rings. The smallest absolute Gasteiger partial charge is 0.320 e. The van der Waals surface area contributed by atoms with E-state index in [1.54, 1.807) is 16.8 Å². The van der Waals surface area contributed by atoms with Crippen molar-refractivity contribution in [2.75, 3.05) is 33.4 Å². The second-order valence-electron chi connectivity index (χ2n) is 5.03. The fraction of sp³-hybridized carbons (Fsp3) is 0.833. The second-order valence-corrected chi connectivity index (χ2v) is 5.03. The first kappa shape index (κ1) is 13.1. The summed E-state index contributed by atoms with van der Waals surface area (Å²) in [6, 6.07) is 0.0548. The first-order chi connectivity index (χ1) is 8.59. The van der Waals surface area contributed by atoms with E-state index in [0.29, 0.717) is 32.7 Å². The van der Waals surface area contributed by atoms with Crippen LogP contribution in [0.1, 0.15) is 19.3 Å². The van der Waals surface area contributed by atoms with E-state index in [4.69, 9.17) is 9.84 Å². The summed E-state index contributed by atoms with van der Waals surface area (Å²) in [5.74, 6) is -1.23. The van der Waals surface area contributed by atoms with Crippen LogP contribution in [0.4, 0.5) is 4.79 Å². The lowest BCUT2D eigenvalue weighted by Crippen LogP contribution is -2.50. The summed E-state index contributed by atoms with van der Waals surface area (Å²) >= 11 is 0. The molecule has 2 aliphatic rings. The molecule has 0 aromatic heterocycles. The number of carboxylic acid groups (broad SMARTS) is 1. The van der Waals surface area contributed by atoms with Gasteiger partial charge in [-0.3, -0.25) is 4.79 Å². The summed E-state index contributed by atoms with van der Waals surface area (Å²) in [6.45, 7) is 2.26. The number of ether oxygens (including phenoxy) is 1. The van der Waals surface area contributed by atoms with Crippen LogP contribution in [-0.4, -0.2) is 66.3 Å². The zero-order valence-corrected chi connectivity index (χ0v) is 10.7. The Kier molecular flexibility index (Phi) is 4.06. The van der Waals surface area contributed by atoms with E-state index in [0.717, 1.165) is 12.8 Å². The van der Waals surface area contributed by atoms with Crippen molar-refractivity contribution in [1.29, 1.82) is 0 Å². The molecule has 0 bridgehead atoms. The van der Waals surface area contributed by atoms with Gasteiger partial charge in [-0.15, -0.1) is 0 Å². The Labute approximate surface area is 106 Å². The minimum atomic E-state index is -0.806. The van der Waals surface area contributed by atoms with Gasteiger partial charge >= 0.3 is 12.0 Å². The molecule has 2 aliphatic heterocycles. The standard InChI is InChI=1S/C12H20N2O4/c1-13(10-4-6-18-8-10)12(17)14-5-2-3-9(7-14)11(15)16/h9-10H,2-8H2,1H3,(H,15,16). The molecule has 2 atom stereocenters. The Morgan fingerprint density at radius 2 is 2.17 bits per heavy atom. The summed E-state index contributed by atoms with van der Waals surface area (Å²) in [4.78, 5) is 26.6. The summed E-state index contributed by atoms with van der Waals surface area (Å²) in [6.07, 6.45) is 2.28. The van der Waals surface area contributed by atoms with E-state index < -0.39 is 11.9 Å². The Bertz CT molecular complexity index is 328. The summed E-state index contributed by atoms with van der Waals surface area (Å²) in [5, 5.41) is 9.02. The van der Waals surface area contributed by atoms with Crippen LogP contribution in [0.5, 0.6) is 0 Å². The van der Waals surface area contributed by atoms with Gasteiger partial charge in [-0.1, -0.05) is 0 Å². The number of hydrogen-bond donors (Lipinski definition) is 1. The highest BCUT2D eigenvalue weighted by Crippen LogP contribution is 2.19. The van der Waals surface area contributed by atoms with Gasteiger partial charge in [0.15, 0.2) is 0 Å². The van der Waals surface area contributed by atoms with E-state index >= 15 is 0 Å². The van der Waals surface area contributed by atoms with E-state index in [9.17, 15) is 9.59 Å². The molecule has 6 heteroatoms. The Morgan fingerprint density at radius 1 is 1.39 bits per heavy atom. The lowest BCUT2D eigenvalue weighted by Gasteiger charge is -2.35. The van der Waals surface area contributed by atoms with Crippen LogP contribution in [-0.2, 0) is 9.53 Å². The number of aliphatic carboxylic acids is 1. The molecule has 0 saturated carbocycles. The average molecular weight is 256 g/mol. The number of urea groups is 1. The zero-order chi connectivity index (χ0) is 13.1. The quantitative estimate of drug-likeness (QED) is 0.786. The Morgan fingerprint density at radius 3 is 2.78 bits per heavy atom. The van der Waals surface area contributed by atoms with E-state index in [-0.39, 0.29) is 12.1 Å². The van der Waals surface area contributed by atoms with Crippen molar-refractivity contribution in [3.05, 3.63) is 0 Å². The van der Waals surface area contributed by atoms with Gasteiger partial charge in [0.05, 0.1) is 18.6 Å². The topological polar surface area (TPSA) is 70.1 Å². The largest absolute Gasteiger partial charge is 0.481 e. The molecule has 0 aromatic carbocycles. The molecule has 0 radical (unpaired) electrons. The van der Waals surface area contributed by atoms with Crippen LogP contribution in [0.15, 0.2) is 0 Å². The van der Waals surface area contributed by atoms with E-state index in [2.05, 4.69) is 0 Å². The number of piperidine rings is 1. The number of carbonyl (C=O) groups is 2. The number of amides is 2. The summed E-state index contributed by atoms with van der Waals surface area (Å²) in [7, 11) is 1.77. The molecule has 0 aromatic rings. The number of rotatable bonds is 2. The van der Waals surface area contributed by atoms with Crippen LogP contribution < -0.4 is 0 Å². The number of nitrogens with zero attached hydrogens (tertiary/aromatic N) is 2. The molecule has 6 nitrogen and oxygen atoms in total. The van der Waals surface area contributed by atoms with Gasteiger partial charge < -0.3 is 19.6 Å². The Balaban J connectivity index is 1.93. The second kappa shape index (κ2) is 5.56. The summed E-state index contributed by atoms with van der Waals surface area (Å²) < 4.78 is 5.27. The number of carbonyl (C=O) groups excluding carboxylic acids is 1. The molecule has 2 unspecified atom stereocenters. The maximum absolute atomic E-state index is 12.3. The number of likely N-dealkylation sites (N-methyl/N-ethyl adjacent to an activating group) is 1. The maximum Gasteiger partial charge on any atom is 0.320 e. The maximum atomic E-state index is 12.3. The van der Waals surface area contributed by atoms with Gasteiger partial charge in [-0.05, 0) is 19.3 Å². The number of hydrogen-bond acceptors (Lipinski definition) is 3. The monoisotopic (exact) mass is 256 g/mol. The zero-order valence-electron chi connectivity index (χ0n) is 10.7. The SMILES string of the molecule is CN(C(=O)N1CCCC(C(=O)O)C1)C1CCOC1. The summed E-state index contributed by atoms with van der Waals surface area (Å²) in [5.41, 5.74) is 0. The van der Waals surface area contributed by atoms with Gasteiger partial charge in [0.1, 0.15) is 0 Å². The lowest BCUT2D eigenvalue weighted by molar-refractivity contribution is -0.143. The number of likely N-dealkylation sites (tertiary alicyclic amines) is 1. The predicted octanol–water partition coefficient (Wildman–Crippen LogP) is 0.624. The van der Waals surface area contributed by atoms with Crippen molar-refractivity contribution in [1.82, 2.24) is 9.80 Å². The molecular formula is C12H20N2O4. The van der Waals surface area contributed by atoms with Gasteiger partial charge in [0.2, 0.25) is 0 Å². The molecule has 0 aliphatic carbocycles. The van der Waals surface area contributed by atoms with Crippen LogP contribution in [0.3, 0.4) is 0 Å². The molecule has 2 rings (SSSR count). The molecule has 2 amide bonds. The molecule has 1 N–H and O–H groups in total. The van der Waals surface area contributed by atoms with Gasteiger partial charge in [0, 0.05) is 26.7 Å². The number of carboxylic acids is 1. The van der Waals surface area contributed by atoms with Crippen LogP contribution >= 0.6 is 0 Å². The minimum Gasteiger partial charge on any atom is -0.481 e. The van der Waals surface area contributed by atoms with Crippen molar-refractivity contribution in [2.24, 2.45) is 5.92 Å². The van der Waals surface area contributed by atoms with Crippen molar-refractivity contribution < 1.29 is 19.4 Å². The molecule has 2 heterocycles. The fourth-order valence-electron chi connectivity index (χ4n) is 2.56. The van der Waals surface area contributed by atoms with Crippen LogP contribution in [0.2, 0.25) is 0 Å². The highest BCUT2D eigenvalue weighted by molar-refractivity contribution is 5.76. The predicted molar refractivity (Wildman–Crippen MR) is 64.3 cm³/mol. The molecule has 2 saturated heterocycles. The van der Waals surface area contributed by atoms with Crippen LogP contribution in [0, 0.1) is 5.92 Å². The molecular weight excluding hydrogens is 236 g/mol. The molecule has 18 heavy (non-hydrogen) atoms.